The molecule has 0 aliphatic heterocycles. The molecule has 0 bridgehead atoms. The van der Waals surface area contributed by atoms with Gasteiger partial charge in [0, 0.05) is 5.69 Å². The van der Waals surface area contributed by atoms with E-state index in [0.29, 0.717) is 22.0 Å². The summed E-state index contributed by atoms with van der Waals surface area (Å²) in [5, 5.41) is 14.9. The molecule has 0 radical (unpaired) electrons. The van der Waals surface area contributed by atoms with Gasteiger partial charge in [-0.3, -0.25) is 14.2 Å². The fourth-order valence-electron chi connectivity index (χ4n) is 2.78. The normalized spacial score (nSPS) is 11.0. The lowest BCUT2D eigenvalue weighted by Crippen LogP contribution is -2.28. The first-order valence-electron chi connectivity index (χ1n) is 8.42. The van der Waals surface area contributed by atoms with Crippen molar-refractivity contribution >= 4 is 34.3 Å². The third-order valence-electron chi connectivity index (χ3n) is 4.10. The van der Waals surface area contributed by atoms with Gasteiger partial charge in [-0.1, -0.05) is 17.8 Å². The highest BCUT2D eigenvalue weighted by atomic mass is 32.2. The number of tetrazole rings is 1. The van der Waals surface area contributed by atoms with Gasteiger partial charge in [-0.25, -0.2) is 9.37 Å². The molecule has 0 saturated heterocycles. The third-order valence-corrected chi connectivity index (χ3v) is 4.72. The van der Waals surface area contributed by atoms with E-state index in [1.165, 1.54) is 30.2 Å². The monoisotopic (exact) mass is 411 g/mol. The molecule has 2 heterocycles. The van der Waals surface area contributed by atoms with Crippen LogP contribution in [0.4, 0.5) is 10.1 Å². The summed E-state index contributed by atoms with van der Waals surface area (Å²) in [7, 11) is 0. The standard InChI is InChI=1S/C18H14FN7O2S/c1-29-18-22-23-24-26(18)13-4-2-3-12(8-13)21-16(27)9-25-10-20-15-6-5-11(19)7-14(15)17(25)28/h2-8,10H,9H2,1H3,(H,21,27). The number of amides is 1. The summed E-state index contributed by atoms with van der Waals surface area (Å²) in [6, 6.07) is 10.7. The minimum atomic E-state index is -0.539. The van der Waals surface area contributed by atoms with Crippen molar-refractivity contribution in [2.75, 3.05) is 11.6 Å². The maximum Gasteiger partial charge on any atom is 0.261 e. The molecule has 4 rings (SSSR count). The van der Waals surface area contributed by atoms with Gasteiger partial charge in [-0.2, -0.15) is 4.68 Å². The van der Waals surface area contributed by atoms with E-state index >= 15 is 0 Å². The largest absolute Gasteiger partial charge is 0.324 e. The Morgan fingerprint density at radius 3 is 2.93 bits per heavy atom. The number of anilines is 1. The fourth-order valence-corrected chi connectivity index (χ4v) is 3.22. The molecule has 2 aromatic heterocycles. The van der Waals surface area contributed by atoms with Crippen LogP contribution in [0.1, 0.15) is 0 Å². The van der Waals surface area contributed by atoms with Crippen molar-refractivity contribution in [1.82, 2.24) is 29.8 Å². The Bertz CT molecular complexity index is 1270. The summed E-state index contributed by atoms with van der Waals surface area (Å²) >= 11 is 1.39. The summed E-state index contributed by atoms with van der Waals surface area (Å²) in [5.41, 5.74) is 1.07. The first-order chi connectivity index (χ1) is 14.0. The van der Waals surface area contributed by atoms with Gasteiger partial charge in [0.2, 0.25) is 11.1 Å². The maximum atomic E-state index is 13.4. The molecule has 2 aromatic carbocycles. The lowest BCUT2D eigenvalue weighted by molar-refractivity contribution is -0.116. The van der Waals surface area contributed by atoms with Crippen molar-refractivity contribution in [3.63, 3.8) is 0 Å². The Morgan fingerprint density at radius 2 is 2.10 bits per heavy atom. The van der Waals surface area contributed by atoms with E-state index in [1.54, 1.807) is 28.9 Å². The highest BCUT2D eigenvalue weighted by Crippen LogP contribution is 2.18. The highest BCUT2D eigenvalue weighted by molar-refractivity contribution is 7.98. The van der Waals surface area contributed by atoms with Crippen LogP contribution < -0.4 is 10.9 Å². The average Bonchev–Trinajstić information content (AvgIpc) is 3.19. The van der Waals surface area contributed by atoms with Crippen molar-refractivity contribution in [3.8, 4) is 5.69 Å². The summed E-state index contributed by atoms with van der Waals surface area (Å²) in [4.78, 5) is 29.0. The summed E-state index contributed by atoms with van der Waals surface area (Å²) < 4.78 is 16.1. The topological polar surface area (TPSA) is 108 Å². The molecule has 29 heavy (non-hydrogen) atoms. The number of carbonyl (C=O) groups is 1. The van der Waals surface area contributed by atoms with Crippen molar-refractivity contribution in [1.29, 1.82) is 0 Å². The predicted molar refractivity (Wildman–Crippen MR) is 106 cm³/mol. The third kappa shape index (κ3) is 3.85. The Hall–Kier alpha value is -3.60. The molecular weight excluding hydrogens is 397 g/mol. The van der Waals surface area contributed by atoms with Gasteiger partial charge in [0.1, 0.15) is 12.4 Å². The van der Waals surface area contributed by atoms with E-state index in [9.17, 15) is 14.0 Å². The molecule has 146 valence electrons. The van der Waals surface area contributed by atoms with Crippen LogP contribution in [0, 0.1) is 5.82 Å². The van der Waals surface area contributed by atoms with E-state index < -0.39 is 17.3 Å². The van der Waals surface area contributed by atoms with Crippen LogP contribution in [-0.2, 0) is 11.3 Å². The van der Waals surface area contributed by atoms with Gasteiger partial charge in [0.15, 0.2) is 0 Å². The molecule has 11 heteroatoms. The van der Waals surface area contributed by atoms with Crippen LogP contribution in [0.2, 0.25) is 0 Å². The van der Waals surface area contributed by atoms with Crippen LogP contribution in [0.25, 0.3) is 16.6 Å². The molecule has 9 nitrogen and oxygen atoms in total. The number of hydrogen-bond acceptors (Lipinski definition) is 7. The van der Waals surface area contributed by atoms with E-state index in [-0.39, 0.29) is 11.9 Å². The quantitative estimate of drug-likeness (QED) is 0.500. The van der Waals surface area contributed by atoms with Crippen molar-refractivity contribution < 1.29 is 9.18 Å². The number of nitrogens with one attached hydrogen (secondary N) is 1. The summed E-state index contributed by atoms with van der Waals surface area (Å²) in [6.45, 7) is -0.260. The minimum Gasteiger partial charge on any atom is -0.324 e. The van der Waals surface area contributed by atoms with Gasteiger partial charge in [-0.15, -0.1) is 5.10 Å². The van der Waals surface area contributed by atoms with E-state index in [0.717, 1.165) is 10.6 Å². The molecule has 0 saturated carbocycles. The Morgan fingerprint density at radius 1 is 1.24 bits per heavy atom. The van der Waals surface area contributed by atoms with Crippen molar-refractivity contribution in [3.05, 3.63) is 65.0 Å². The summed E-state index contributed by atoms with van der Waals surface area (Å²) in [6.07, 6.45) is 3.12. The molecule has 0 aliphatic carbocycles. The number of carbonyl (C=O) groups excluding carboxylic acids is 1. The van der Waals surface area contributed by atoms with E-state index in [4.69, 9.17) is 0 Å². The highest BCUT2D eigenvalue weighted by Gasteiger charge is 2.11. The van der Waals surface area contributed by atoms with Gasteiger partial charge in [0.05, 0.1) is 22.9 Å². The van der Waals surface area contributed by atoms with Crippen LogP contribution in [0.5, 0.6) is 0 Å². The van der Waals surface area contributed by atoms with E-state index in [1.807, 2.05) is 6.26 Å². The van der Waals surface area contributed by atoms with Crippen molar-refractivity contribution in [2.45, 2.75) is 11.7 Å². The molecule has 0 unspecified atom stereocenters. The first kappa shape index (κ1) is 18.7. The van der Waals surface area contributed by atoms with Crippen molar-refractivity contribution in [2.24, 2.45) is 0 Å². The number of halogens is 1. The van der Waals surface area contributed by atoms with Crippen LogP contribution in [-0.4, -0.2) is 41.9 Å². The Balaban J connectivity index is 1.55. The molecule has 0 atom stereocenters. The first-order valence-corrected chi connectivity index (χ1v) is 9.65. The number of benzene rings is 2. The second kappa shape index (κ2) is 7.80. The zero-order valence-electron chi connectivity index (χ0n) is 15.1. The zero-order chi connectivity index (χ0) is 20.4. The molecule has 0 fully saturated rings. The number of fused-ring (bicyclic) bond motifs is 1. The molecule has 0 spiro atoms. The molecule has 4 aromatic rings. The van der Waals surface area contributed by atoms with Gasteiger partial charge in [0.25, 0.3) is 5.56 Å². The molecule has 1 amide bonds. The van der Waals surface area contributed by atoms with E-state index in [2.05, 4.69) is 25.8 Å². The van der Waals surface area contributed by atoms with Crippen LogP contribution in [0.15, 0.2) is 58.7 Å². The fraction of sp³-hybridized carbons (Fsp3) is 0.111. The zero-order valence-corrected chi connectivity index (χ0v) is 15.9. The van der Waals surface area contributed by atoms with Gasteiger partial charge in [-0.05, 0) is 53.1 Å². The van der Waals surface area contributed by atoms with Crippen LogP contribution >= 0.6 is 11.8 Å². The maximum absolute atomic E-state index is 13.4. The Labute approximate surface area is 167 Å². The number of aromatic nitrogens is 6. The minimum absolute atomic E-state index is 0.116. The second-order valence-electron chi connectivity index (χ2n) is 6.01. The lowest BCUT2D eigenvalue weighted by Gasteiger charge is -2.09. The number of nitrogens with zero attached hydrogens (tertiary/aromatic N) is 6. The number of rotatable bonds is 5. The van der Waals surface area contributed by atoms with Gasteiger partial charge >= 0.3 is 0 Å². The lowest BCUT2D eigenvalue weighted by atomic mass is 10.2. The molecule has 0 aliphatic rings. The van der Waals surface area contributed by atoms with Gasteiger partial charge < -0.3 is 5.32 Å². The second-order valence-corrected chi connectivity index (χ2v) is 6.79. The number of thioether (sulfide) groups is 1. The SMILES string of the molecule is CSc1nnnn1-c1cccc(NC(=O)Cn2cnc3ccc(F)cc3c2=O)c1. The summed E-state index contributed by atoms with van der Waals surface area (Å²) in [5.74, 6) is -0.966. The van der Waals surface area contributed by atoms with Crippen LogP contribution in [0.3, 0.4) is 0 Å². The molecular formula is C18H14FN7O2S. The number of hydrogen-bond donors (Lipinski definition) is 1. The smallest absolute Gasteiger partial charge is 0.261 e. The molecule has 1 N–H and O–H groups in total. The Kier molecular flexibility index (Phi) is 5.04. The average molecular weight is 411 g/mol. The predicted octanol–water partition coefficient (Wildman–Crippen LogP) is 1.87.